The van der Waals surface area contributed by atoms with Crippen LogP contribution in [0.15, 0.2) is 64.9 Å². The van der Waals surface area contributed by atoms with Gasteiger partial charge in [0.25, 0.3) is 0 Å². The van der Waals surface area contributed by atoms with Crippen molar-refractivity contribution in [1.82, 2.24) is 0 Å². The SMILES string of the molecule is CCOc1ccccc1/C=C/S(=O)(=O)c1ccccc1. The van der Waals surface area contributed by atoms with Crippen LogP contribution in [0.3, 0.4) is 0 Å². The van der Waals surface area contributed by atoms with E-state index in [0.717, 1.165) is 5.56 Å². The quantitative estimate of drug-likeness (QED) is 0.845. The summed E-state index contributed by atoms with van der Waals surface area (Å²) in [6, 6.07) is 15.7. The van der Waals surface area contributed by atoms with Crippen molar-refractivity contribution >= 4 is 15.9 Å². The predicted octanol–water partition coefficient (Wildman–Crippen LogP) is 3.53. The Morgan fingerprint density at radius 3 is 2.35 bits per heavy atom. The lowest BCUT2D eigenvalue weighted by Crippen LogP contribution is -1.96. The average Bonchev–Trinajstić information content (AvgIpc) is 2.48. The van der Waals surface area contributed by atoms with E-state index >= 15 is 0 Å². The first-order valence-electron chi connectivity index (χ1n) is 6.33. The third-order valence-electron chi connectivity index (χ3n) is 2.72. The number of para-hydroxylation sites is 1. The Morgan fingerprint density at radius 1 is 1.00 bits per heavy atom. The Bertz CT molecular complexity index is 689. The predicted molar refractivity (Wildman–Crippen MR) is 80.3 cm³/mol. The highest BCUT2D eigenvalue weighted by atomic mass is 32.2. The standard InChI is InChI=1S/C16H16O3S/c1-2-19-16-11-7-6-8-14(16)12-13-20(17,18)15-9-4-3-5-10-15/h3-13H,2H2,1H3/b13-12+. The fraction of sp³-hybridized carbons (Fsp3) is 0.125. The van der Waals surface area contributed by atoms with Crippen molar-refractivity contribution in [3.8, 4) is 5.75 Å². The van der Waals surface area contributed by atoms with Gasteiger partial charge in [-0.15, -0.1) is 0 Å². The normalized spacial score (nSPS) is 11.7. The molecule has 0 spiro atoms. The van der Waals surface area contributed by atoms with E-state index in [0.29, 0.717) is 12.4 Å². The van der Waals surface area contributed by atoms with E-state index in [1.54, 1.807) is 36.4 Å². The fourth-order valence-corrected chi connectivity index (χ4v) is 2.78. The summed E-state index contributed by atoms with van der Waals surface area (Å²) in [6.45, 7) is 2.43. The minimum atomic E-state index is -3.43. The molecule has 0 bridgehead atoms. The van der Waals surface area contributed by atoms with Crippen LogP contribution in [0, 0.1) is 0 Å². The van der Waals surface area contributed by atoms with Gasteiger partial charge in [-0.2, -0.15) is 0 Å². The van der Waals surface area contributed by atoms with Gasteiger partial charge in [0.15, 0.2) is 9.84 Å². The lowest BCUT2D eigenvalue weighted by Gasteiger charge is -2.06. The second-order valence-electron chi connectivity index (χ2n) is 4.13. The second-order valence-corrected chi connectivity index (χ2v) is 5.97. The number of ether oxygens (including phenoxy) is 1. The summed E-state index contributed by atoms with van der Waals surface area (Å²) in [5.41, 5.74) is 0.744. The number of hydrogen-bond donors (Lipinski definition) is 0. The van der Waals surface area contributed by atoms with E-state index in [4.69, 9.17) is 4.74 Å². The van der Waals surface area contributed by atoms with Crippen LogP contribution in [0.2, 0.25) is 0 Å². The molecule has 3 nitrogen and oxygen atoms in total. The molecule has 0 amide bonds. The molecule has 0 aromatic heterocycles. The van der Waals surface area contributed by atoms with E-state index in [-0.39, 0.29) is 4.90 Å². The van der Waals surface area contributed by atoms with Crippen LogP contribution in [0.25, 0.3) is 6.08 Å². The van der Waals surface area contributed by atoms with Crippen molar-refractivity contribution < 1.29 is 13.2 Å². The zero-order valence-electron chi connectivity index (χ0n) is 11.2. The van der Waals surface area contributed by atoms with Crippen molar-refractivity contribution in [2.75, 3.05) is 6.61 Å². The highest BCUT2D eigenvalue weighted by Crippen LogP contribution is 2.21. The van der Waals surface area contributed by atoms with Crippen LogP contribution in [-0.2, 0) is 9.84 Å². The molecule has 20 heavy (non-hydrogen) atoms. The van der Waals surface area contributed by atoms with Crippen molar-refractivity contribution in [1.29, 1.82) is 0 Å². The van der Waals surface area contributed by atoms with Crippen molar-refractivity contribution in [3.05, 3.63) is 65.6 Å². The van der Waals surface area contributed by atoms with E-state index in [2.05, 4.69) is 0 Å². The summed E-state index contributed by atoms with van der Waals surface area (Å²) in [5.74, 6) is 0.675. The van der Waals surface area contributed by atoms with Crippen LogP contribution in [0.1, 0.15) is 12.5 Å². The maximum absolute atomic E-state index is 12.1. The highest BCUT2D eigenvalue weighted by molar-refractivity contribution is 7.94. The number of benzene rings is 2. The zero-order valence-corrected chi connectivity index (χ0v) is 12.0. The number of hydrogen-bond acceptors (Lipinski definition) is 3. The van der Waals surface area contributed by atoms with Crippen LogP contribution >= 0.6 is 0 Å². The highest BCUT2D eigenvalue weighted by Gasteiger charge is 2.09. The largest absolute Gasteiger partial charge is 0.493 e. The molecule has 0 unspecified atom stereocenters. The maximum Gasteiger partial charge on any atom is 0.199 e. The molecule has 0 N–H and O–H groups in total. The Hall–Kier alpha value is -2.07. The minimum Gasteiger partial charge on any atom is -0.493 e. The first-order chi connectivity index (χ1) is 9.63. The van der Waals surface area contributed by atoms with Crippen LogP contribution in [0.5, 0.6) is 5.75 Å². The molecular weight excluding hydrogens is 272 g/mol. The first kappa shape index (κ1) is 14.3. The Kier molecular flexibility index (Phi) is 4.58. The lowest BCUT2D eigenvalue weighted by atomic mass is 10.2. The van der Waals surface area contributed by atoms with Crippen LogP contribution in [0.4, 0.5) is 0 Å². The van der Waals surface area contributed by atoms with Gasteiger partial charge < -0.3 is 4.74 Å². The smallest absolute Gasteiger partial charge is 0.199 e. The Labute approximate surface area is 119 Å². The summed E-state index contributed by atoms with van der Waals surface area (Å²) in [4.78, 5) is 0.283. The van der Waals surface area contributed by atoms with Crippen molar-refractivity contribution in [3.63, 3.8) is 0 Å². The molecule has 0 aliphatic rings. The van der Waals surface area contributed by atoms with Gasteiger partial charge in [0, 0.05) is 11.0 Å². The van der Waals surface area contributed by atoms with E-state index < -0.39 is 9.84 Å². The summed E-state index contributed by atoms with van der Waals surface area (Å²) in [7, 11) is -3.43. The molecular formula is C16H16O3S. The monoisotopic (exact) mass is 288 g/mol. The van der Waals surface area contributed by atoms with Gasteiger partial charge in [0.05, 0.1) is 11.5 Å². The van der Waals surface area contributed by atoms with Gasteiger partial charge in [-0.3, -0.25) is 0 Å². The zero-order chi connectivity index (χ0) is 14.4. The van der Waals surface area contributed by atoms with Gasteiger partial charge in [-0.1, -0.05) is 36.4 Å². The average molecular weight is 288 g/mol. The molecule has 0 atom stereocenters. The molecule has 104 valence electrons. The van der Waals surface area contributed by atoms with E-state index in [1.807, 2.05) is 31.2 Å². The van der Waals surface area contributed by atoms with Crippen LogP contribution < -0.4 is 4.74 Å². The van der Waals surface area contributed by atoms with Crippen molar-refractivity contribution in [2.24, 2.45) is 0 Å². The molecule has 2 aromatic carbocycles. The third-order valence-corrected chi connectivity index (χ3v) is 4.14. The first-order valence-corrected chi connectivity index (χ1v) is 7.88. The van der Waals surface area contributed by atoms with E-state index in [1.165, 1.54) is 5.41 Å². The fourth-order valence-electron chi connectivity index (χ4n) is 1.76. The number of rotatable bonds is 5. The van der Waals surface area contributed by atoms with Gasteiger partial charge in [0.1, 0.15) is 5.75 Å². The van der Waals surface area contributed by atoms with Crippen molar-refractivity contribution in [2.45, 2.75) is 11.8 Å². The van der Waals surface area contributed by atoms with Crippen LogP contribution in [-0.4, -0.2) is 15.0 Å². The molecule has 0 fully saturated rings. The minimum absolute atomic E-state index is 0.283. The van der Waals surface area contributed by atoms with Gasteiger partial charge in [0.2, 0.25) is 0 Å². The van der Waals surface area contributed by atoms with Gasteiger partial charge in [-0.25, -0.2) is 8.42 Å². The molecule has 4 heteroatoms. The Morgan fingerprint density at radius 2 is 1.65 bits per heavy atom. The number of sulfone groups is 1. The molecule has 0 heterocycles. The molecule has 2 aromatic rings. The summed E-state index contributed by atoms with van der Waals surface area (Å²) >= 11 is 0. The molecule has 0 aliphatic carbocycles. The second kappa shape index (κ2) is 6.39. The van der Waals surface area contributed by atoms with Gasteiger partial charge in [-0.05, 0) is 31.2 Å². The molecule has 0 saturated carbocycles. The summed E-state index contributed by atoms with van der Waals surface area (Å²) in [6.07, 6.45) is 1.56. The molecule has 0 saturated heterocycles. The molecule has 0 radical (unpaired) electrons. The lowest BCUT2D eigenvalue weighted by molar-refractivity contribution is 0.339. The third kappa shape index (κ3) is 3.48. The molecule has 0 aliphatic heterocycles. The van der Waals surface area contributed by atoms with E-state index in [9.17, 15) is 8.42 Å². The molecule has 2 rings (SSSR count). The maximum atomic E-state index is 12.1. The Balaban J connectivity index is 2.30. The van der Waals surface area contributed by atoms with Gasteiger partial charge >= 0.3 is 0 Å². The summed E-state index contributed by atoms with van der Waals surface area (Å²) in [5, 5.41) is 1.21. The summed E-state index contributed by atoms with van der Waals surface area (Å²) < 4.78 is 29.8. The topological polar surface area (TPSA) is 43.4 Å².